The number of nitrogens with zero attached hydrogens (tertiary/aromatic N) is 3. The van der Waals surface area contributed by atoms with E-state index in [1.54, 1.807) is 11.1 Å². The highest BCUT2D eigenvalue weighted by atomic mass is 16.2. The molecule has 0 spiro atoms. The number of hydrogen-bond acceptors (Lipinski definition) is 2. The summed E-state index contributed by atoms with van der Waals surface area (Å²) in [7, 11) is 0. The monoisotopic (exact) mass is 204 g/mol. The largest absolute Gasteiger partial charge is 0.273 e. The Hall–Kier alpha value is -1.52. The molecule has 0 aromatic carbocycles. The van der Waals surface area contributed by atoms with E-state index in [9.17, 15) is 4.79 Å². The van der Waals surface area contributed by atoms with Crippen LogP contribution in [0.3, 0.4) is 0 Å². The van der Waals surface area contributed by atoms with Crippen molar-refractivity contribution in [2.75, 3.05) is 6.54 Å². The summed E-state index contributed by atoms with van der Waals surface area (Å²) in [5.41, 5.74) is 3.99. The molecule has 0 saturated carbocycles. The predicted octanol–water partition coefficient (Wildman–Crippen LogP) is 0.824. The lowest BCUT2D eigenvalue weighted by atomic mass is 10.0. The van der Waals surface area contributed by atoms with Crippen molar-refractivity contribution < 1.29 is 4.79 Å². The number of nitriles is 1. The highest BCUT2D eigenvalue weighted by Crippen LogP contribution is 2.23. The Morgan fingerprint density at radius 2 is 2.33 bits per heavy atom. The van der Waals surface area contributed by atoms with E-state index in [1.165, 1.54) is 0 Å². The maximum Gasteiger partial charge on any atom is 0.239 e. The van der Waals surface area contributed by atoms with Crippen LogP contribution in [0.15, 0.2) is 0 Å². The summed E-state index contributed by atoms with van der Waals surface area (Å²) in [6.45, 7) is 4.72. The summed E-state index contributed by atoms with van der Waals surface area (Å²) >= 11 is 0. The molecule has 0 bridgehead atoms. The van der Waals surface area contributed by atoms with Crippen LogP contribution in [-0.4, -0.2) is 23.0 Å². The van der Waals surface area contributed by atoms with Gasteiger partial charge in [-0.25, -0.2) is 0 Å². The Morgan fingerprint density at radius 1 is 1.60 bits per heavy atom. The molecule has 1 aliphatic heterocycles. The van der Waals surface area contributed by atoms with Gasteiger partial charge in [0.2, 0.25) is 5.91 Å². The van der Waals surface area contributed by atoms with Crippen LogP contribution in [0.5, 0.6) is 0 Å². The van der Waals surface area contributed by atoms with Crippen molar-refractivity contribution in [1.82, 2.24) is 10.4 Å². The Balaban J connectivity index is 2.44. The van der Waals surface area contributed by atoms with Gasteiger partial charge >= 0.3 is 0 Å². The van der Waals surface area contributed by atoms with Gasteiger partial charge in [0.1, 0.15) is 0 Å². The van der Waals surface area contributed by atoms with Crippen LogP contribution in [0.4, 0.5) is 0 Å². The fourth-order valence-electron chi connectivity index (χ4n) is 1.51. The topological polar surface area (TPSA) is 58.2 Å². The first-order valence-electron chi connectivity index (χ1n) is 4.95. The molecule has 0 aromatic heterocycles. The van der Waals surface area contributed by atoms with Gasteiger partial charge in [-0.2, -0.15) is 5.26 Å². The van der Waals surface area contributed by atoms with Gasteiger partial charge in [0.15, 0.2) is 6.07 Å². The third-order valence-corrected chi connectivity index (χ3v) is 2.38. The summed E-state index contributed by atoms with van der Waals surface area (Å²) in [6, 6.07) is 1.72. The third-order valence-electron chi connectivity index (χ3n) is 2.38. The average Bonchev–Trinajstić information content (AvgIpc) is 2.52. The quantitative estimate of drug-likeness (QED) is 0.625. The summed E-state index contributed by atoms with van der Waals surface area (Å²) in [5.74, 6) is 4.88. The van der Waals surface area contributed by atoms with Crippen LogP contribution < -0.4 is 5.43 Å². The lowest BCUT2D eigenvalue weighted by Crippen LogP contribution is -2.44. The molecule has 0 atom stereocenters. The van der Waals surface area contributed by atoms with Crippen LogP contribution in [-0.2, 0) is 4.79 Å². The molecule has 0 N–H and O–H groups in total. The lowest BCUT2D eigenvalue weighted by molar-refractivity contribution is -0.137. The van der Waals surface area contributed by atoms with Crippen LogP contribution in [0.1, 0.15) is 33.1 Å². The van der Waals surface area contributed by atoms with Crippen molar-refractivity contribution in [3.05, 3.63) is 0 Å². The van der Waals surface area contributed by atoms with E-state index in [0.29, 0.717) is 19.4 Å². The third kappa shape index (κ3) is 2.97. The zero-order valence-corrected chi connectivity index (χ0v) is 9.08. The summed E-state index contributed by atoms with van der Waals surface area (Å²) in [4.78, 5) is 11.7. The molecule has 1 rings (SSSR count). The Kier molecular flexibility index (Phi) is 3.71. The van der Waals surface area contributed by atoms with Crippen LogP contribution in [0.2, 0.25) is 0 Å². The fourth-order valence-corrected chi connectivity index (χ4v) is 1.51. The summed E-state index contributed by atoms with van der Waals surface area (Å²) in [5, 5.41) is 9.75. The molecule has 0 aliphatic carbocycles. The van der Waals surface area contributed by atoms with Gasteiger partial charge in [0, 0.05) is 25.3 Å². The second kappa shape index (κ2) is 4.82. The van der Waals surface area contributed by atoms with Crippen molar-refractivity contribution in [2.45, 2.75) is 38.6 Å². The minimum Gasteiger partial charge on any atom is -0.273 e. The molecule has 4 heteroatoms. The van der Waals surface area contributed by atoms with Gasteiger partial charge in [-0.3, -0.25) is 9.80 Å². The predicted molar refractivity (Wildman–Crippen MR) is 55.2 cm³/mol. The SMILES string of the molecule is CC1(C)CC[N]N1C(=O)CCC#CC#N. The van der Waals surface area contributed by atoms with E-state index in [-0.39, 0.29) is 11.4 Å². The van der Waals surface area contributed by atoms with E-state index >= 15 is 0 Å². The highest BCUT2D eigenvalue weighted by molar-refractivity contribution is 5.77. The number of rotatable bonds is 2. The number of carbonyl (C=O) groups is 1. The maximum atomic E-state index is 11.7. The van der Waals surface area contributed by atoms with Gasteiger partial charge in [-0.1, -0.05) is 5.92 Å². The second-order valence-electron chi connectivity index (χ2n) is 4.05. The van der Waals surface area contributed by atoms with Crippen molar-refractivity contribution in [3.63, 3.8) is 0 Å². The van der Waals surface area contributed by atoms with E-state index in [1.807, 2.05) is 13.8 Å². The lowest BCUT2D eigenvalue weighted by Gasteiger charge is -2.29. The van der Waals surface area contributed by atoms with Gasteiger partial charge in [-0.05, 0) is 20.3 Å². The molecule has 0 aromatic rings. The van der Waals surface area contributed by atoms with Crippen molar-refractivity contribution in [3.8, 4) is 17.9 Å². The summed E-state index contributed by atoms with van der Waals surface area (Å²) in [6.07, 6.45) is 1.67. The molecule has 1 heterocycles. The number of hydrogen-bond donors (Lipinski definition) is 0. The smallest absolute Gasteiger partial charge is 0.239 e. The van der Waals surface area contributed by atoms with Gasteiger partial charge in [0.25, 0.3) is 0 Å². The highest BCUT2D eigenvalue weighted by Gasteiger charge is 2.36. The molecule has 79 valence electrons. The van der Waals surface area contributed by atoms with E-state index in [0.717, 1.165) is 6.42 Å². The Morgan fingerprint density at radius 3 is 2.87 bits per heavy atom. The molecular formula is C11H14N3O. The van der Waals surface area contributed by atoms with E-state index < -0.39 is 0 Å². The molecule has 1 aliphatic rings. The maximum absolute atomic E-state index is 11.7. The van der Waals surface area contributed by atoms with Crippen molar-refractivity contribution >= 4 is 5.91 Å². The molecule has 15 heavy (non-hydrogen) atoms. The molecule has 1 saturated heterocycles. The first-order valence-corrected chi connectivity index (χ1v) is 4.95. The fraction of sp³-hybridized carbons (Fsp3) is 0.636. The van der Waals surface area contributed by atoms with E-state index in [4.69, 9.17) is 5.26 Å². The normalized spacial score (nSPS) is 17.8. The van der Waals surface area contributed by atoms with E-state index in [2.05, 4.69) is 17.3 Å². The van der Waals surface area contributed by atoms with Crippen molar-refractivity contribution in [1.29, 1.82) is 5.26 Å². The minimum absolute atomic E-state index is 0.00950. The number of carbonyl (C=O) groups excluding carboxylic acids is 1. The van der Waals surface area contributed by atoms with Gasteiger partial charge in [0.05, 0.1) is 5.54 Å². The molecule has 4 nitrogen and oxygen atoms in total. The van der Waals surface area contributed by atoms with Gasteiger partial charge < -0.3 is 0 Å². The van der Waals surface area contributed by atoms with Crippen LogP contribution in [0.25, 0.3) is 0 Å². The van der Waals surface area contributed by atoms with Crippen LogP contribution >= 0.6 is 0 Å². The minimum atomic E-state index is -0.167. The molecule has 1 fully saturated rings. The van der Waals surface area contributed by atoms with Crippen LogP contribution in [0, 0.1) is 23.2 Å². The first kappa shape index (κ1) is 11.6. The van der Waals surface area contributed by atoms with Gasteiger partial charge in [-0.15, -0.1) is 5.43 Å². The molecule has 0 unspecified atom stereocenters. The summed E-state index contributed by atoms with van der Waals surface area (Å²) < 4.78 is 0. The van der Waals surface area contributed by atoms with Crippen molar-refractivity contribution in [2.24, 2.45) is 0 Å². The second-order valence-corrected chi connectivity index (χ2v) is 4.05. The average molecular weight is 204 g/mol. The number of amides is 1. The molecule has 1 amide bonds. The molecular weight excluding hydrogens is 190 g/mol. The zero-order chi connectivity index (χ0) is 11.3. The molecule has 1 radical (unpaired) electrons. The zero-order valence-electron chi connectivity index (χ0n) is 9.08. The Bertz CT molecular complexity index is 343. The Labute approximate surface area is 90.2 Å². The standard InChI is InChI=1S/C11H14N3O/c1-11(2)7-9-13-14(11)10(15)6-4-3-5-8-12/h4,6-7,9H2,1-2H3. The first-order chi connectivity index (χ1) is 7.08.